The summed E-state index contributed by atoms with van der Waals surface area (Å²) in [5, 5.41) is 4.39. The van der Waals surface area contributed by atoms with Gasteiger partial charge in [-0.2, -0.15) is 0 Å². The van der Waals surface area contributed by atoms with Gasteiger partial charge in [-0.15, -0.1) is 0 Å². The van der Waals surface area contributed by atoms with Gasteiger partial charge in [0.05, 0.1) is 0 Å². The van der Waals surface area contributed by atoms with Crippen LogP contribution in [0.3, 0.4) is 0 Å². The van der Waals surface area contributed by atoms with Crippen LogP contribution in [0.4, 0.5) is 27.6 Å². The molecule has 0 radical (unpaired) electrons. The van der Waals surface area contributed by atoms with Crippen molar-refractivity contribution in [1.29, 1.82) is 0 Å². The number of anilines is 1. The zero-order chi connectivity index (χ0) is 16.3. The molecule has 0 bridgehead atoms. The molecule has 2 N–H and O–H groups in total. The maximum Gasteiger partial charge on any atom is 0.185 e. The maximum atomic E-state index is 13.4. The molecule has 2 nitrogen and oxygen atoms in total. The minimum Gasteiger partial charge on any atom is -0.358 e. The molecule has 0 unspecified atom stereocenters. The van der Waals surface area contributed by atoms with Crippen molar-refractivity contribution in [2.75, 3.05) is 5.32 Å². The van der Waals surface area contributed by atoms with Crippen LogP contribution in [0.25, 0.3) is 0 Å². The van der Waals surface area contributed by atoms with Crippen LogP contribution in [0.15, 0.2) is 30.3 Å². The first-order chi connectivity index (χ1) is 10.4. The lowest BCUT2D eigenvalue weighted by Gasteiger charge is -2.12. The highest BCUT2D eigenvalue weighted by atomic mass is 32.1. The van der Waals surface area contributed by atoms with E-state index in [0.29, 0.717) is 5.56 Å². The Morgan fingerprint density at radius 3 is 2.00 bits per heavy atom. The van der Waals surface area contributed by atoms with Crippen molar-refractivity contribution in [1.82, 2.24) is 5.32 Å². The Morgan fingerprint density at radius 1 is 0.909 bits per heavy atom. The van der Waals surface area contributed by atoms with E-state index < -0.39 is 34.8 Å². The van der Waals surface area contributed by atoms with Gasteiger partial charge in [0.1, 0.15) is 11.5 Å². The lowest BCUT2D eigenvalue weighted by atomic mass is 10.2. The highest BCUT2D eigenvalue weighted by molar-refractivity contribution is 7.80. The second kappa shape index (κ2) is 6.69. The monoisotopic (exact) mass is 332 g/mol. The summed E-state index contributed by atoms with van der Waals surface area (Å²) in [6, 6.07) is 5.52. The first-order valence-electron chi connectivity index (χ1n) is 6.00. The molecule has 0 saturated heterocycles. The predicted octanol–water partition coefficient (Wildman–Crippen LogP) is 3.87. The van der Waals surface area contributed by atoms with Crippen LogP contribution >= 0.6 is 12.2 Å². The molecule has 2 rings (SSSR count). The van der Waals surface area contributed by atoms with E-state index in [1.165, 1.54) is 24.3 Å². The fourth-order valence-corrected chi connectivity index (χ4v) is 1.80. The first-order valence-corrected chi connectivity index (χ1v) is 6.41. The smallest absolute Gasteiger partial charge is 0.185 e. The summed E-state index contributed by atoms with van der Waals surface area (Å²) in [4.78, 5) is 0. The van der Waals surface area contributed by atoms with Crippen LogP contribution in [0, 0.1) is 29.1 Å². The van der Waals surface area contributed by atoms with E-state index in [9.17, 15) is 22.0 Å². The number of hydrogen-bond donors (Lipinski definition) is 2. The van der Waals surface area contributed by atoms with Crippen molar-refractivity contribution in [3.63, 3.8) is 0 Å². The summed E-state index contributed by atoms with van der Waals surface area (Å²) in [7, 11) is 0. The molecule has 2 aromatic rings. The number of halogens is 5. The Bertz CT molecular complexity index is 677. The third-order valence-electron chi connectivity index (χ3n) is 2.72. The maximum absolute atomic E-state index is 13.4. The van der Waals surface area contributed by atoms with Crippen molar-refractivity contribution in [2.24, 2.45) is 0 Å². The lowest BCUT2D eigenvalue weighted by molar-refractivity contribution is 0.459. The van der Waals surface area contributed by atoms with Gasteiger partial charge in [0.15, 0.2) is 28.4 Å². The fraction of sp³-hybridized carbons (Fsp3) is 0.0714. The van der Waals surface area contributed by atoms with Gasteiger partial charge >= 0.3 is 0 Å². The van der Waals surface area contributed by atoms with Crippen LogP contribution < -0.4 is 10.6 Å². The van der Waals surface area contributed by atoms with Crippen LogP contribution in [-0.4, -0.2) is 5.11 Å². The van der Waals surface area contributed by atoms with Crippen LogP contribution in [0.2, 0.25) is 0 Å². The average molecular weight is 332 g/mol. The summed E-state index contributed by atoms with van der Waals surface area (Å²) in [6.07, 6.45) is 0. The van der Waals surface area contributed by atoms with Crippen molar-refractivity contribution in [2.45, 2.75) is 6.54 Å². The van der Waals surface area contributed by atoms with Gasteiger partial charge in [-0.25, -0.2) is 22.0 Å². The number of nitrogens with one attached hydrogen (secondary N) is 2. The van der Waals surface area contributed by atoms with Crippen LogP contribution in [-0.2, 0) is 6.54 Å². The van der Waals surface area contributed by atoms with E-state index in [1.807, 2.05) is 0 Å². The molecule has 0 saturated carbocycles. The molecule has 22 heavy (non-hydrogen) atoms. The number of rotatable bonds is 3. The Morgan fingerprint density at radius 2 is 1.45 bits per heavy atom. The molecular formula is C14H9F5N2S. The third-order valence-corrected chi connectivity index (χ3v) is 2.96. The average Bonchev–Trinajstić information content (AvgIpc) is 2.49. The zero-order valence-electron chi connectivity index (χ0n) is 10.9. The van der Waals surface area contributed by atoms with E-state index >= 15 is 0 Å². The Kier molecular flexibility index (Phi) is 4.92. The van der Waals surface area contributed by atoms with Crippen molar-refractivity contribution in [3.05, 3.63) is 65.0 Å². The largest absolute Gasteiger partial charge is 0.358 e. The lowest BCUT2D eigenvalue weighted by Crippen LogP contribution is -2.29. The molecule has 0 fully saturated rings. The molecule has 0 aliphatic rings. The molecular weight excluding hydrogens is 323 g/mol. The van der Waals surface area contributed by atoms with Gasteiger partial charge in [-0.1, -0.05) is 12.1 Å². The highest BCUT2D eigenvalue weighted by Crippen LogP contribution is 2.24. The van der Waals surface area contributed by atoms with E-state index in [0.717, 1.165) is 0 Å². The second-order valence-electron chi connectivity index (χ2n) is 4.28. The fourth-order valence-electron chi connectivity index (χ4n) is 1.63. The molecule has 0 aliphatic heterocycles. The van der Waals surface area contributed by atoms with Gasteiger partial charge in [0, 0.05) is 12.6 Å². The topological polar surface area (TPSA) is 24.1 Å². The minimum absolute atomic E-state index is 0.102. The van der Waals surface area contributed by atoms with E-state index in [-0.39, 0.29) is 17.7 Å². The van der Waals surface area contributed by atoms with Gasteiger partial charge in [-0.05, 0) is 29.9 Å². The summed E-state index contributed by atoms with van der Waals surface area (Å²) in [6.45, 7) is 0.132. The molecule has 8 heteroatoms. The molecule has 0 heterocycles. The summed E-state index contributed by atoms with van der Waals surface area (Å²) in [5.41, 5.74) is -0.369. The minimum atomic E-state index is -1.58. The summed E-state index contributed by atoms with van der Waals surface area (Å²) < 4.78 is 65.7. The number of hydrogen-bond acceptors (Lipinski definition) is 1. The molecule has 0 amide bonds. The Labute approximate surface area is 128 Å². The van der Waals surface area contributed by atoms with E-state index in [4.69, 9.17) is 12.2 Å². The summed E-state index contributed by atoms with van der Waals surface area (Å²) in [5.74, 6) is -6.65. The SMILES string of the molecule is Fc1ccc(CNC(=S)Nc2c(F)c(F)cc(F)c2F)cc1. The molecule has 2 aromatic carbocycles. The molecule has 0 aliphatic carbocycles. The summed E-state index contributed by atoms with van der Waals surface area (Å²) >= 11 is 4.79. The van der Waals surface area contributed by atoms with Gasteiger partial charge in [-0.3, -0.25) is 0 Å². The van der Waals surface area contributed by atoms with E-state index in [2.05, 4.69) is 10.6 Å². The molecule has 116 valence electrons. The van der Waals surface area contributed by atoms with Gasteiger partial charge in [0.2, 0.25) is 0 Å². The zero-order valence-corrected chi connectivity index (χ0v) is 11.7. The van der Waals surface area contributed by atoms with Crippen LogP contribution in [0.5, 0.6) is 0 Å². The first kappa shape index (κ1) is 16.2. The quantitative estimate of drug-likeness (QED) is 0.507. The molecule has 0 spiro atoms. The van der Waals surface area contributed by atoms with Crippen molar-refractivity contribution >= 4 is 23.0 Å². The standard InChI is InChI=1S/C14H9F5N2S/c15-8-3-1-7(2-4-8)6-20-14(22)21-13-11(18)9(16)5-10(17)12(13)19/h1-5H,6H2,(H2,20,21,22). The van der Waals surface area contributed by atoms with Gasteiger partial charge in [0.25, 0.3) is 0 Å². The van der Waals surface area contributed by atoms with Crippen molar-refractivity contribution in [3.8, 4) is 0 Å². The molecule has 0 aromatic heterocycles. The van der Waals surface area contributed by atoms with Crippen LogP contribution in [0.1, 0.15) is 5.56 Å². The molecule has 0 atom stereocenters. The normalized spacial score (nSPS) is 10.4. The number of thiocarbonyl (C=S) groups is 1. The van der Waals surface area contributed by atoms with Crippen molar-refractivity contribution < 1.29 is 22.0 Å². The van der Waals surface area contributed by atoms with E-state index in [1.54, 1.807) is 0 Å². The third kappa shape index (κ3) is 3.70. The second-order valence-corrected chi connectivity index (χ2v) is 4.69. The van der Waals surface area contributed by atoms with Gasteiger partial charge < -0.3 is 10.6 Å². The predicted molar refractivity (Wildman–Crippen MR) is 75.7 cm³/mol. The Hall–Kier alpha value is -2.22. The highest BCUT2D eigenvalue weighted by Gasteiger charge is 2.19. The Balaban J connectivity index is 2.05. The number of benzene rings is 2.